The van der Waals surface area contributed by atoms with Crippen molar-refractivity contribution in [1.82, 2.24) is 19.1 Å². The molecule has 29 heavy (non-hydrogen) atoms. The Bertz CT molecular complexity index is 1160. The zero-order valence-corrected chi connectivity index (χ0v) is 17.9. The fourth-order valence-electron chi connectivity index (χ4n) is 3.02. The molecule has 0 aliphatic rings. The smallest absolute Gasteiger partial charge is 0.329 e. The molecule has 0 bridgehead atoms. The van der Waals surface area contributed by atoms with Crippen molar-refractivity contribution in [3.8, 4) is 5.75 Å². The number of nitrogens with zero attached hydrogens (tertiary/aromatic N) is 4. The Morgan fingerprint density at radius 2 is 2.10 bits per heavy atom. The molecule has 0 aliphatic heterocycles. The quantitative estimate of drug-likeness (QED) is 0.270. The lowest BCUT2D eigenvalue weighted by Gasteiger charge is -2.08. The number of imidazole rings is 1. The van der Waals surface area contributed by atoms with Crippen LogP contribution < -0.4 is 16.7 Å². The maximum Gasteiger partial charge on any atom is 0.329 e. The van der Waals surface area contributed by atoms with Crippen LogP contribution in [-0.2, 0) is 13.6 Å². The average molecular weight is 463 g/mol. The van der Waals surface area contributed by atoms with Gasteiger partial charge >= 0.3 is 5.69 Å². The summed E-state index contributed by atoms with van der Waals surface area (Å²) in [6.45, 7) is 2.70. The highest BCUT2D eigenvalue weighted by atomic mass is 79.9. The lowest BCUT2D eigenvalue weighted by atomic mass is 10.2. The summed E-state index contributed by atoms with van der Waals surface area (Å²) in [6.07, 6.45) is 5.56. The van der Waals surface area contributed by atoms with E-state index in [2.05, 4.69) is 43.3 Å². The van der Waals surface area contributed by atoms with Crippen molar-refractivity contribution in [3.05, 3.63) is 49.1 Å². The predicted octanol–water partition coefficient (Wildman–Crippen LogP) is 2.92. The van der Waals surface area contributed by atoms with Gasteiger partial charge in [0.05, 0.1) is 6.21 Å². The standard InChI is InChI=1S/C19H23BrN6O3/c1-3-4-5-6-9-26-15-16(25(2)19(29)23-17(15)28)22-18(26)24-21-11-12-10-13(20)7-8-14(12)27/h7-8,10-11,27H,3-6,9H2,1-2H3,(H,22,24)(H,23,28,29). The van der Waals surface area contributed by atoms with Gasteiger partial charge in [0.15, 0.2) is 11.2 Å². The number of nitrogens with one attached hydrogen (secondary N) is 2. The number of halogens is 1. The van der Waals surface area contributed by atoms with Crippen molar-refractivity contribution in [2.45, 2.75) is 39.2 Å². The van der Waals surface area contributed by atoms with E-state index < -0.39 is 11.2 Å². The molecular formula is C19H23BrN6O3. The van der Waals surface area contributed by atoms with Crippen LogP contribution in [0.25, 0.3) is 11.2 Å². The van der Waals surface area contributed by atoms with Gasteiger partial charge in [-0.05, 0) is 24.6 Å². The van der Waals surface area contributed by atoms with E-state index in [1.165, 1.54) is 10.8 Å². The Kier molecular flexibility index (Phi) is 6.53. The second-order valence-corrected chi connectivity index (χ2v) is 7.63. The molecule has 154 valence electrons. The Morgan fingerprint density at radius 1 is 1.31 bits per heavy atom. The van der Waals surface area contributed by atoms with Gasteiger partial charge in [-0.1, -0.05) is 42.1 Å². The first-order valence-electron chi connectivity index (χ1n) is 9.39. The van der Waals surface area contributed by atoms with Crippen molar-refractivity contribution >= 4 is 39.3 Å². The van der Waals surface area contributed by atoms with Crippen molar-refractivity contribution in [3.63, 3.8) is 0 Å². The van der Waals surface area contributed by atoms with Gasteiger partial charge in [-0.15, -0.1) is 0 Å². The molecule has 0 unspecified atom stereocenters. The minimum atomic E-state index is -0.521. The van der Waals surface area contributed by atoms with E-state index in [1.807, 2.05) is 0 Å². The number of unbranched alkanes of at least 4 members (excludes halogenated alkanes) is 3. The summed E-state index contributed by atoms with van der Waals surface area (Å²) in [5, 5.41) is 14.1. The molecule has 2 aromatic heterocycles. The number of aromatic nitrogens is 4. The summed E-state index contributed by atoms with van der Waals surface area (Å²) in [7, 11) is 1.56. The number of benzene rings is 1. The number of fused-ring (bicyclic) bond motifs is 1. The fraction of sp³-hybridized carbons (Fsp3) is 0.368. The number of aryl methyl sites for hydroxylation is 2. The maximum atomic E-state index is 12.4. The zero-order valence-electron chi connectivity index (χ0n) is 16.3. The highest BCUT2D eigenvalue weighted by Crippen LogP contribution is 2.21. The van der Waals surface area contributed by atoms with Gasteiger partial charge in [0.25, 0.3) is 5.56 Å². The van der Waals surface area contributed by atoms with Crippen LogP contribution in [0, 0.1) is 0 Å². The van der Waals surface area contributed by atoms with E-state index in [-0.39, 0.29) is 11.4 Å². The van der Waals surface area contributed by atoms with Crippen LogP contribution in [0.5, 0.6) is 5.75 Å². The van der Waals surface area contributed by atoms with Gasteiger partial charge in [-0.2, -0.15) is 10.1 Å². The average Bonchev–Trinajstić information content (AvgIpc) is 3.05. The zero-order chi connectivity index (χ0) is 21.0. The monoisotopic (exact) mass is 462 g/mol. The molecule has 0 fully saturated rings. The van der Waals surface area contributed by atoms with Gasteiger partial charge in [0.1, 0.15) is 5.75 Å². The number of hydrogen-bond acceptors (Lipinski definition) is 6. The van der Waals surface area contributed by atoms with Crippen LogP contribution >= 0.6 is 15.9 Å². The molecule has 0 saturated carbocycles. The summed E-state index contributed by atoms with van der Waals surface area (Å²) in [6, 6.07) is 5.01. The first-order chi connectivity index (χ1) is 13.9. The van der Waals surface area contributed by atoms with Crippen molar-refractivity contribution in [2.24, 2.45) is 12.1 Å². The van der Waals surface area contributed by atoms with E-state index in [0.717, 1.165) is 30.2 Å². The van der Waals surface area contributed by atoms with Crippen molar-refractivity contribution in [1.29, 1.82) is 0 Å². The van der Waals surface area contributed by atoms with E-state index in [9.17, 15) is 14.7 Å². The number of rotatable bonds is 8. The molecule has 0 saturated heterocycles. The van der Waals surface area contributed by atoms with Crippen LogP contribution in [0.1, 0.15) is 38.2 Å². The Balaban J connectivity index is 1.97. The minimum absolute atomic E-state index is 0.0886. The maximum absolute atomic E-state index is 12.4. The molecule has 3 rings (SSSR count). The first-order valence-corrected chi connectivity index (χ1v) is 10.2. The lowest BCUT2D eigenvalue weighted by Crippen LogP contribution is -2.29. The number of H-pyrrole nitrogens is 1. The third-order valence-corrected chi connectivity index (χ3v) is 5.09. The third-order valence-electron chi connectivity index (χ3n) is 4.60. The van der Waals surface area contributed by atoms with Crippen LogP contribution in [0.3, 0.4) is 0 Å². The van der Waals surface area contributed by atoms with Crippen LogP contribution in [0.4, 0.5) is 5.95 Å². The van der Waals surface area contributed by atoms with Crippen LogP contribution in [0.15, 0.2) is 37.4 Å². The van der Waals surface area contributed by atoms with E-state index in [0.29, 0.717) is 23.6 Å². The second kappa shape index (κ2) is 9.08. The molecule has 2 heterocycles. The lowest BCUT2D eigenvalue weighted by molar-refractivity contribution is 0.474. The number of anilines is 1. The largest absolute Gasteiger partial charge is 0.507 e. The minimum Gasteiger partial charge on any atom is -0.507 e. The molecule has 3 N–H and O–H groups in total. The molecule has 3 aromatic rings. The Labute approximate surface area is 175 Å². The van der Waals surface area contributed by atoms with Gasteiger partial charge in [0, 0.05) is 23.6 Å². The van der Waals surface area contributed by atoms with E-state index in [4.69, 9.17) is 0 Å². The van der Waals surface area contributed by atoms with Gasteiger partial charge in [-0.25, -0.2) is 10.2 Å². The summed E-state index contributed by atoms with van der Waals surface area (Å²) in [4.78, 5) is 31.1. The SMILES string of the molecule is CCCCCCn1c(NN=Cc2cc(Br)ccc2O)nc2c1c(=O)[nH]c(=O)n2C. The number of phenols is 1. The Morgan fingerprint density at radius 3 is 2.86 bits per heavy atom. The molecule has 1 aromatic carbocycles. The molecule has 0 atom stereocenters. The van der Waals surface area contributed by atoms with E-state index in [1.54, 1.807) is 29.8 Å². The molecule has 0 spiro atoms. The summed E-state index contributed by atoms with van der Waals surface area (Å²) < 4.78 is 3.84. The molecule has 10 heteroatoms. The van der Waals surface area contributed by atoms with Gasteiger partial charge < -0.3 is 9.67 Å². The highest BCUT2D eigenvalue weighted by molar-refractivity contribution is 9.10. The molecular weight excluding hydrogens is 440 g/mol. The number of aromatic amines is 1. The number of aromatic hydroxyl groups is 1. The van der Waals surface area contributed by atoms with Gasteiger partial charge in [0.2, 0.25) is 5.95 Å². The third kappa shape index (κ3) is 4.58. The van der Waals surface area contributed by atoms with Crippen molar-refractivity contribution < 1.29 is 5.11 Å². The number of hydrazone groups is 1. The summed E-state index contributed by atoms with van der Waals surface area (Å²) >= 11 is 3.35. The predicted molar refractivity (Wildman–Crippen MR) is 117 cm³/mol. The molecule has 0 amide bonds. The molecule has 0 radical (unpaired) electrons. The normalized spacial score (nSPS) is 11.6. The van der Waals surface area contributed by atoms with Gasteiger partial charge in [-0.3, -0.25) is 14.3 Å². The van der Waals surface area contributed by atoms with Crippen LogP contribution in [0.2, 0.25) is 0 Å². The fourth-order valence-corrected chi connectivity index (χ4v) is 3.40. The van der Waals surface area contributed by atoms with Crippen LogP contribution in [-0.4, -0.2) is 30.4 Å². The Hall–Kier alpha value is -2.88. The second-order valence-electron chi connectivity index (χ2n) is 6.71. The van der Waals surface area contributed by atoms with Crippen molar-refractivity contribution in [2.75, 3.05) is 5.43 Å². The first kappa shape index (κ1) is 20.8. The van der Waals surface area contributed by atoms with E-state index >= 15 is 0 Å². The molecule has 9 nitrogen and oxygen atoms in total. The number of phenolic OH excluding ortho intramolecular Hbond substituents is 1. The molecule has 0 aliphatic carbocycles. The number of hydrogen-bond donors (Lipinski definition) is 3. The topological polar surface area (TPSA) is 117 Å². The summed E-state index contributed by atoms with van der Waals surface area (Å²) in [5.74, 6) is 0.444. The summed E-state index contributed by atoms with van der Waals surface area (Å²) in [5.41, 5.74) is 2.97. The highest BCUT2D eigenvalue weighted by Gasteiger charge is 2.16.